The van der Waals surface area contributed by atoms with E-state index in [4.69, 9.17) is 0 Å². The molecule has 1 fully saturated rings. The second-order valence-corrected chi connectivity index (χ2v) is 10.8. The van der Waals surface area contributed by atoms with Crippen LogP contribution >= 0.6 is 11.8 Å². The number of sulfonamides is 1. The fourth-order valence-electron chi connectivity index (χ4n) is 4.51. The Labute approximate surface area is 179 Å². The highest BCUT2D eigenvalue weighted by atomic mass is 32.2. The zero-order chi connectivity index (χ0) is 21.0. The molecule has 0 amide bonds. The molecule has 154 valence electrons. The van der Waals surface area contributed by atoms with E-state index in [1.165, 1.54) is 39.0 Å². The smallest absolute Gasteiger partial charge is 0.258 e. The second-order valence-electron chi connectivity index (χ2n) is 7.70. The van der Waals surface area contributed by atoms with Crippen molar-refractivity contribution in [2.24, 2.45) is 0 Å². The number of nitro groups is 1. The number of rotatable bonds is 4. The third-order valence-electron chi connectivity index (χ3n) is 6.01. The molecule has 0 N–H and O–H groups in total. The normalized spacial score (nSPS) is 18.9. The van der Waals surface area contributed by atoms with Crippen LogP contribution in [0.5, 0.6) is 0 Å². The third kappa shape index (κ3) is 2.93. The van der Waals surface area contributed by atoms with Gasteiger partial charge in [0.2, 0.25) is 10.0 Å². The maximum absolute atomic E-state index is 13.5. The van der Waals surface area contributed by atoms with Crippen molar-refractivity contribution in [3.05, 3.63) is 80.9 Å². The average molecular weight is 441 g/mol. The van der Waals surface area contributed by atoms with Gasteiger partial charge >= 0.3 is 0 Å². The molecule has 0 spiro atoms. The molecule has 3 aromatic carbocycles. The number of hydrogen-bond acceptors (Lipinski definition) is 5. The summed E-state index contributed by atoms with van der Waals surface area (Å²) in [6.07, 6.45) is 2.03. The molecule has 6 nitrogen and oxygen atoms in total. The molecular weight excluding hydrogens is 420 g/mol. The summed E-state index contributed by atoms with van der Waals surface area (Å²) in [4.78, 5) is 10.8. The Morgan fingerprint density at radius 2 is 1.87 bits per heavy atom. The van der Waals surface area contributed by atoms with Crippen LogP contribution in [-0.2, 0) is 22.9 Å². The first-order chi connectivity index (χ1) is 14.4. The zero-order valence-electron chi connectivity index (χ0n) is 16.4. The number of nitro benzene ring substituents is 1. The number of benzene rings is 3. The van der Waals surface area contributed by atoms with Gasteiger partial charge in [0.15, 0.2) is 0 Å². The second kappa shape index (κ2) is 7.08. The van der Waals surface area contributed by atoms with E-state index in [9.17, 15) is 18.5 Å². The number of aryl methyl sites for hydroxylation is 3. The lowest BCUT2D eigenvalue weighted by atomic mass is 10.00. The number of nitrogens with zero attached hydrogens (tertiary/aromatic N) is 2. The van der Waals surface area contributed by atoms with E-state index >= 15 is 0 Å². The minimum atomic E-state index is -3.87. The van der Waals surface area contributed by atoms with E-state index in [2.05, 4.69) is 24.3 Å². The van der Waals surface area contributed by atoms with Crippen molar-refractivity contribution in [3.63, 3.8) is 0 Å². The molecule has 3 aromatic rings. The monoisotopic (exact) mass is 440 g/mol. The van der Waals surface area contributed by atoms with E-state index in [0.717, 1.165) is 23.8 Å². The highest BCUT2D eigenvalue weighted by Crippen LogP contribution is 2.45. The van der Waals surface area contributed by atoms with Crippen molar-refractivity contribution < 1.29 is 13.3 Å². The van der Waals surface area contributed by atoms with Crippen LogP contribution < -0.4 is 0 Å². The summed E-state index contributed by atoms with van der Waals surface area (Å²) < 4.78 is 28.4. The molecule has 30 heavy (non-hydrogen) atoms. The molecule has 5 rings (SSSR count). The lowest BCUT2D eigenvalue weighted by molar-refractivity contribution is -0.385. The van der Waals surface area contributed by atoms with Gasteiger partial charge in [-0.05, 0) is 53.3 Å². The van der Waals surface area contributed by atoms with Gasteiger partial charge in [0.1, 0.15) is 0 Å². The zero-order valence-corrected chi connectivity index (χ0v) is 18.0. The Kier molecular flexibility index (Phi) is 4.61. The van der Waals surface area contributed by atoms with Gasteiger partial charge in [-0.1, -0.05) is 36.4 Å². The first kappa shape index (κ1) is 19.5. The van der Waals surface area contributed by atoms with Crippen molar-refractivity contribution in [2.75, 3.05) is 12.3 Å². The summed E-state index contributed by atoms with van der Waals surface area (Å²) in [5, 5.41) is 13.3. The van der Waals surface area contributed by atoms with E-state index < -0.39 is 14.9 Å². The van der Waals surface area contributed by atoms with E-state index in [1.807, 2.05) is 6.07 Å². The third-order valence-corrected chi connectivity index (χ3v) is 9.25. The van der Waals surface area contributed by atoms with Crippen molar-refractivity contribution >= 4 is 38.2 Å². The van der Waals surface area contributed by atoms with Gasteiger partial charge in [0.25, 0.3) is 5.69 Å². The number of thioether (sulfide) groups is 1. The van der Waals surface area contributed by atoms with Crippen LogP contribution in [0.25, 0.3) is 10.8 Å². The van der Waals surface area contributed by atoms with Crippen LogP contribution in [0.2, 0.25) is 0 Å². The molecule has 0 aromatic heterocycles. The summed E-state index contributed by atoms with van der Waals surface area (Å²) in [6, 6.07) is 14.6. The first-order valence-electron chi connectivity index (χ1n) is 9.80. The van der Waals surface area contributed by atoms with E-state index in [-0.39, 0.29) is 16.0 Å². The fourth-order valence-corrected chi connectivity index (χ4v) is 7.80. The quantitative estimate of drug-likeness (QED) is 0.438. The largest absolute Gasteiger partial charge is 0.273 e. The van der Waals surface area contributed by atoms with Crippen LogP contribution in [0.3, 0.4) is 0 Å². The lowest BCUT2D eigenvalue weighted by Crippen LogP contribution is -2.30. The first-order valence-corrected chi connectivity index (χ1v) is 12.3. The summed E-state index contributed by atoms with van der Waals surface area (Å²) in [7, 11) is -3.87. The van der Waals surface area contributed by atoms with Gasteiger partial charge in [-0.15, -0.1) is 11.8 Å². The van der Waals surface area contributed by atoms with Crippen molar-refractivity contribution in [1.29, 1.82) is 0 Å². The lowest BCUT2D eigenvalue weighted by Gasteiger charge is -2.25. The topological polar surface area (TPSA) is 80.5 Å². The molecule has 2 aliphatic rings. The maximum Gasteiger partial charge on any atom is 0.273 e. The molecular formula is C22H20N2O4S2. The molecule has 0 saturated carbocycles. The molecule has 1 heterocycles. The minimum absolute atomic E-state index is 0.0294. The minimum Gasteiger partial charge on any atom is -0.258 e. The predicted octanol–water partition coefficient (Wildman–Crippen LogP) is 4.59. The SMILES string of the molecule is Cc1ccc(S(=O)(=O)N2CCS[C@@H]2c2ccc3c4c(cccc24)CC3)cc1[N+](=O)[O-]. The van der Waals surface area contributed by atoms with Crippen LogP contribution in [0.1, 0.15) is 27.6 Å². The molecule has 1 saturated heterocycles. The molecule has 8 heteroatoms. The van der Waals surface area contributed by atoms with Gasteiger partial charge in [-0.3, -0.25) is 10.1 Å². The van der Waals surface area contributed by atoms with Crippen molar-refractivity contribution in [2.45, 2.75) is 30.0 Å². The van der Waals surface area contributed by atoms with Gasteiger partial charge in [-0.2, -0.15) is 4.31 Å². The Hall–Kier alpha value is -2.42. The summed E-state index contributed by atoms with van der Waals surface area (Å²) in [6.45, 7) is 1.98. The summed E-state index contributed by atoms with van der Waals surface area (Å²) >= 11 is 1.60. The Morgan fingerprint density at radius 3 is 2.63 bits per heavy atom. The fraction of sp³-hybridized carbons (Fsp3) is 0.273. The van der Waals surface area contributed by atoms with Crippen molar-refractivity contribution in [1.82, 2.24) is 4.31 Å². The Balaban J connectivity index is 1.61. The highest BCUT2D eigenvalue weighted by molar-refractivity contribution is 8.01. The molecule has 0 unspecified atom stereocenters. The molecule has 0 radical (unpaired) electrons. The molecule has 1 aliphatic carbocycles. The van der Waals surface area contributed by atoms with Gasteiger partial charge in [-0.25, -0.2) is 8.42 Å². The van der Waals surface area contributed by atoms with Crippen LogP contribution in [0, 0.1) is 17.0 Å². The number of hydrogen-bond donors (Lipinski definition) is 0. The predicted molar refractivity (Wildman–Crippen MR) is 118 cm³/mol. The van der Waals surface area contributed by atoms with Crippen LogP contribution in [0.15, 0.2) is 53.4 Å². The molecule has 0 bridgehead atoms. The highest BCUT2D eigenvalue weighted by Gasteiger charge is 2.38. The van der Waals surface area contributed by atoms with E-state index in [0.29, 0.717) is 17.9 Å². The van der Waals surface area contributed by atoms with E-state index in [1.54, 1.807) is 18.7 Å². The Bertz CT molecular complexity index is 1290. The standard InChI is InChI=1S/C22H20N2O4S2/c1-14-5-9-17(13-20(14)24(25)26)30(27,28)23-11-12-29-22(23)19-10-8-16-7-6-15-3-2-4-18(19)21(15)16/h2-5,8-10,13,22H,6-7,11-12H2,1H3/t22-/m1/s1. The van der Waals surface area contributed by atoms with Gasteiger partial charge in [0, 0.05) is 23.9 Å². The summed E-state index contributed by atoms with van der Waals surface area (Å²) in [5.74, 6) is 0.681. The molecule has 1 atom stereocenters. The van der Waals surface area contributed by atoms with Crippen LogP contribution in [-0.4, -0.2) is 29.9 Å². The van der Waals surface area contributed by atoms with Crippen LogP contribution in [0.4, 0.5) is 5.69 Å². The van der Waals surface area contributed by atoms with Crippen molar-refractivity contribution in [3.8, 4) is 0 Å². The van der Waals surface area contributed by atoms with Gasteiger partial charge in [0.05, 0.1) is 15.2 Å². The van der Waals surface area contributed by atoms with Gasteiger partial charge < -0.3 is 0 Å². The average Bonchev–Trinajstić information content (AvgIpc) is 3.37. The summed E-state index contributed by atoms with van der Waals surface area (Å²) in [5.41, 5.74) is 3.89. The Morgan fingerprint density at radius 1 is 1.10 bits per heavy atom. The molecule has 1 aliphatic heterocycles. The maximum atomic E-state index is 13.5.